The van der Waals surface area contributed by atoms with E-state index in [1.54, 1.807) is 6.92 Å². The third-order valence-corrected chi connectivity index (χ3v) is 2.64. The first-order chi connectivity index (χ1) is 6.63. The van der Waals surface area contributed by atoms with E-state index in [-0.39, 0.29) is 18.0 Å². The van der Waals surface area contributed by atoms with E-state index in [1.807, 2.05) is 0 Å². The Hall–Kier alpha value is -0.610. The third-order valence-electron chi connectivity index (χ3n) is 2.64. The molecule has 0 spiro atoms. The van der Waals surface area contributed by atoms with Gasteiger partial charge in [-0.1, -0.05) is 0 Å². The Bertz CT molecular complexity index is 186. The van der Waals surface area contributed by atoms with E-state index in [0.717, 1.165) is 25.9 Å². The highest BCUT2D eigenvalue weighted by atomic mass is 16.5. The number of β-amino-alcohol motifs (C(OH)–C–C–N with tert-alkyl or cyclic N) is 1. The Labute approximate surface area is 84.8 Å². The van der Waals surface area contributed by atoms with E-state index >= 15 is 0 Å². The summed E-state index contributed by atoms with van der Waals surface area (Å²) in [5, 5.41) is 9.19. The lowest BCUT2D eigenvalue weighted by molar-refractivity contribution is -0.147. The number of rotatable bonds is 3. The molecule has 0 amide bonds. The summed E-state index contributed by atoms with van der Waals surface area (Å²) in [6.07, 6.45) is 1.41. The van der Waals surface area contributed by atoms with Gasteiger partial charge in [0.25, 0.3) is 0 Å². The van der Waals surface area contributed by atoms with Crippen molar-refractivity contribution in [3.05, 3.63) is 0 Å². The van der Waals surface area contributed by atoms with Crippen LogP contribution in [-0.4, -0.2) is 48.8 Å². The van der Waals surface area contributed by atoms with Crippen LogP contribution in [0.3, 0.4) is 0 Å². The molecule has 1 aliphatic rings. The molecule has 4 nitrogen and oxygen atoms in total. The summed E-state index contributed by atoms with van der Waals surface area (Å²) < 4.78 is 4.70. The number of carbonyl (C=O) groups is 1. The zero-order valence-electron chi connectivity index (χ0n) is 8.90. The maximum Gasteiger partial charge on any atom is 0.308 e. The van der Waals surface area contributed by atoms with Gasteiger partial charge in [-0.3, -0.25) is 4.79 Å². The van der Waals surface area contributed by atoms with Crippen molar-refractivity contribution in [3.63, 3.8) is 0 Å². The number of piperidine rings is 1. The molecule has 0 bridgehead atoms. The molecule has 1 N–H and O–H groups in total. The van der Waals surface area contributed by atoms with Gasteiger partial charge < -0.3 is 14.7 Å². The van der Waals surface area contributed by atoms with Gasteiger partial charge >= 0.3 is 5.97 Å². The summed E-state index contributed by atoms with van der Waals surface area (Å²) in [5.74, 6) is -0.0352. The number of methoxy groups -OCH3 is 1. The quantitative estimate of drug-likeness (QED) is 0.665. The maximum absolute atomic E-state index is 11.2. The SMILES string of the molecule is COC(=O)C1CCN(C[C@@H](C)O)CC1. The molecule has 0 aromatic rings. The molecule has 4 heteroatoms. The number of ether oxygens (including phenoxy) is 1. The molecule has 0 saturated carbocycles. The average molecular weight is 201 g/mol. The molecule has 1 heterocycles. The molecule has 1 saturated heterocycles. The first-order valence-corrected chi connectivity index (χ1v) is 5.11. The third kappa shape index (κ3) is 3.27. The normalized spacial score (nSPS) is 21.9. The molecule has 1 aliphatic heterocycles. The van der Waals surface area contributed by atoms with Gasteiger partial charge in [0, 0.05) is 6.54 Å². The monoisotopic (exact) mass is 201 g/mol. The Morgan fingerprint density at radius 1 is 1.57 bits per heavy atom. The van der Waals surface area contributed by atoms with Crippen LogP contribution in [0.4, 0.5) is 0 Å². The van der Waals surface area contributed by atoms with Crippen molar-refractivity contribution in [2.45, 2.75) is 25.9 Å². The largest absolute Gasteiger partial charge is 0.469 e. The highest BCUT2D eigenvalue weighted by molar-refractivity contribution is 5.72. The first-order valence-electron chi connectivity index (χ1n) is 5.11. The van der Waals surface area contributed by atoms with E-state index in [2.05, 4.69) is 4.90 Å². The van der Waals surface area contributed by atoms with Crippen LogP contribution in [0.1, 0.15) is 19.8 Å². The lowest BCUT2D eigenvalue weighted by Crippen LogP contribution is -2.40. The van der Waals surface area contributed by atoms with Crippen molar-refractivity contribution >= 4 is 5.97 Å². The number of esters is 1. The van der Waals surface area contributed by atoms with E-state index in [9.17, 15) is 9.90 Å². The number of likely N-dealkylation sites (tertiary alicyclic amines) is 1. The van der Waals surface area contributed by atoms with Crippen molar-refractivity contribution in [2.75, 3.05) is 26.7 Å². The van der Waals surface area contributed by atoms with Crippen molar-refractivity contribution in [1.82, 2.24) is 4.90 Å². The van der Waals surface area contributed by atoms with Crippen LogP contribution in [-0.2, 0) is 9.53 Å². The summed E-state index contributed by atoms with van der Waals surface area (Å²) in [6, 6.07) is 0. The van der Waals surface area contributed by atoms with Gasteiger partial charge in [0.05, 0.1) is 19.1 Å². The van der Waals surface area contributed by atoms with Crippen LogP contribution in [0.25, 0.3) is 0 Å². The van der Waals surface area contributed by atoms with E-state index in [1.165, 1.54) is 7.11 Å². The molecule has 0 radical (unpaired) electrons. The lowest BCUT2D eigenvalue weighted by Gasteiger charge is -2.31. The number of carbonyl (C=O) groups excluding carboxylic acids is 1. The molecule has 1 fully saturated rings. The molecule has 1 atom stereocenters. The molecule has 14 heavy (non-hydrogen) atoms. The second kappa shape index (κ2) is 5.32. The zero-order chi connectivity index (χ0) is 10.6. The van der Waals surface area contributed by atoms with Crippen molar-refractivity contribution < 1.29 is 14.6 Å². The summed E-state index contributed by atoms with van der Waals surface area (Å²) >= 11 is 0. The molecule has 0 unspecified atom stereocenters. The minimum atomic E-state index is -0.287. The average Bonchev–Trinajstić information content (AvgIpc) is 2.17. The van der Waals surface area contributed by atoms with Crippen LogP contribution in [0.5, 0.6) is 0 Å². The second-order valence-electron chi connectivity index (χ2n) is 3.95. The highest BCUT2D eigenvalue weighted by Gasteiger charge is 2.25. The fourth-order valence-corrected chi connectivity index (χ4v) is 1.89. The molecule has 82 valence electrons. The standard InChI is InChI=1S/C10H19NO3/c1-8(12)7-11-5-3-9(4-6-11)10(13)14-2/h8-9,12H,3-7H2,1-2H3/t8-/m1/s1. The van der Waals surface area contributed by atoms with Crippen LogP contribution in [0, 0.1) is 5.92 Å². The number of aliphatic hydroxyl groups is 1. The van der Waals surface area contributed by atoms with Crippen molar-refractivity contribution in [2.24, 2.45) is 5.92 Å². The minimum Gasteiger partial charge on any atom is -0.469 e. The number of hydrogen-bond donors (Lipinski definition) is 1. The summed E-state index contributed by atoms with van der Waals surface area (Å²) in [7, 11) is 1.44. The Balaban J connectivity index is 2.27. The van der Waals surface area contributed by atoms with E-state index in [4.69, 9.17) is 4.74 Å². The van der Waals surface area contributed by atoms with Gasteiger partial charge in [0.2, 0.25) is 0 Å². The van der Waals surface area contributed by atoms with Crippen LogP contribution >= 0.6 is 0 Å². The van der Waals surface area contributed by atoms with Gasteiger partial charge in [-0.05, 0) is 32.9 Å². The van der Waals surface area contributed by atoms with E-state index < -0.39 is 0 Å². The highest BCUT2D eigenvalue weighted by Crippen LogP contribution is 2.18. The maximum atomic E-state index is 11.2. The fourth-order valence-electron chi connectivity index (χ4n) is 1.89. The zero-order valence-corrected chi connectivity index (χ0v) is 8.90. The fraction of sp³-hybridized carbons (Fsp3) is 0.900. The van der Waals surface area contributed by atoms with Gasteiger partial charge in [0.15, 0.2) is 0 Å². The minimum absolute atomic E-state index is 0.0604. The molecule has 1 rings (SSSR count). The second-order valence-corrected chi connectivity index (χ2v) is 3.95. The summed E-state index contributed by atoms with van der Waals surface area (Å²) in [6.45, 7) is 4.25. The number of aliphatic hydroxyl groups excluding tert-OH is 1. The van der Waals surface area contributed by atoms with Gasteiger partial charge in [-0.15, -0.1) is 0 Å². The Morgan fingerprint density at radius 3 is 2.57 bits per heavy atom. The van der Waals surface area contributed by atoms with E-state index in [0.29, 0.717) is 6.54 Å². The lowest BCUT2D eigenvalue weighted by atomic mass is 9.97. The first kappa shape index (κ1) is 11.5. The molecular weight excluding hydrogens is 182 g/mol. The van der Waals surface area contributed by atoms with Crippen molar-refractivity contribution in [3.8, 4) is 0 Å². The summed E-state index contributed by atoms with van der Waals surface area (Å²) in [5.41, 5.74) is 0. The molecule has 0 aromatic carbocycles. The molecule has 0 aliphatic carbocycles. The molecule has 0 aromatic heterocycles. The smallest absolute Gasteiger partial charge is 0.308 e. The van der Waals surface area contributed by atoms with Gasteiger partial charge in [0.1, 0.15) is 0 Å². The van der Waals surface area contributed by atoms with Crippen LogP contribution in [0.15, 0.2) is 0 Å². The Kier molecular flexibility index (Phi) is 4.35. The molecular formula is C10H19NO3. The van der Waals surface area contributed by atoms with Crippen LogP contribution in [0.2, 0.25) is 0 Å². The summed E-state index contributed by atoms with van der Waals surface area (Å²) in [4.78, 5) is 13.4. The van der Waals surface area contributed by atoms with Crippen molar-refractivity contribution in [1.29, 1.82) is 0 Å². The predicted octanol–water partition coefficient (Wildman–Crippen LogP) is 0.252. The topological polar surface area (TPSA) is 49.8 Å². The predicted molar refractivity (Wildman–Crippen MR) is 52.9 cm³/mol. The number of nitrogens with zero attached hydrogens (tertiary/aromatic N) is 1. The van der Waals surface area contributed by atoms with Crippen LogP contribution < -0.4 is 0 Å². The van der Waals surface area contributed by atoms with Gasteiger partial charge in [-0.2, -0.15) is 0 Å². The Morgan fingerprint density at radius 2 is 2.14 bits per heavy atom. The van der Waals surface area contributed by atoms with Gasteiger partial charge in [-0.25, -0.2) is 0 Å². The number of hydrogen-bond acceptors (Lipinski definition) is 4.